The van der Waals surface area contributed by atoms with Crippen LogP contribution in [0.25, 0.3) is 16.8 Å². The number of hydrogen-bond donors (Lipinski definition) is 1. The van der Waals surface area contributed by atoms with Crippen LogP contribution in [-0.2, 0) is 4.79 Å². The van der Waals surface area contributed by atoms with Crippen LogP contribution in [0.5, 0.6) is 0 Å². The molecular weight excluding hydrogens is 332 g/mol. The van der Waals surface area contributed by atoms with Gasteiger partial charge in [0.05, 0.1) is 16.9 Å². The second kappa shape index (κ2) is 6.83. The molecule has 1 amide bonds. The van der Waals surface area contributed by atoms with Gasteiger partial charge in [-0.25, -0.2) is 4.99 Å². The number of nitrogens with zero attached hydrogens (tertiary/aromatic N) is 1. The van der Waals surface area contributed by atoms with E-state index in [1.807, 2.05) is 54.6 Å². The summed E-state index contributed by atoms with van der Waals surface area (Å²) in [6.45, 7) is 0. The molecule has 122 valence electrons. The van der Waals surface area contributed by atoms with Crippen LogP contribution in [0.3, 0.4) is 0 Å². The minimum absolute atomic E-state index is 0.145. The molecule has 2 aromatic carbocycles. The summed E-state index contributed by atoms with van der Waals surface area (Å²) in [7, 11) is 0. The van der Waals surface area contributed by atoms with Crippen molar-refractivity contribution in [2.45, 2.75) is 0 Å². The number of benzene rings is 2. The first-order chi connectivity index (χ1) is 12.3. The van der Waals surface area contributed by atoms with Gasteiger partial charge in [-0.15, -0.1) is 0 Å². The zero-order valence-electron chi connectivity index (χ0n) is 13.2. The van der Waals surface area contributed by atoms with Gasteiger partial charge >= 0.3 is 0 Å². The molecule has 1 N–H and O–H groups in total. The van der Waals surface area contributed by atoms with Gasteiger partial charge in [-0.3, -0.25) is 4.79 Å². The molecule has 0 aliphatic carbocycles. The highest BCUT2D eigenvalue weighted by atomic mass is 32.2. The number of rotatable bonds is 3. The van der Waals surface area contributed by atoms with Gasteiger partial charge in [-0.2, -0.15) is 0 Å². The van der Waals surface area contributed by atoms with E-state index in [1.165, 1.54) is 11.8 Å². The number of thioether (sulfide) groups is 1. The maximum Gasteiger partial charge on any atom is 0.264 e. The first kappa shape index (κ1) is 15.5. The van der Waals surface area contributed by atoms with Crippen molar-refractivity contribution in [1.29, 1.82) is 0 Å². The number of furan rings is 1. The Morgan fingerprint density at radius 1 is 1.04 bits per heavy atom. The van der Waals surface area contributed by atoms with E-state index in [-0.39, 0.29) is 5.91 Å². The number of amidine groups is 1. The molecule has 4 rings (SSSR count). The van der Waals surface area contributed by atoms with Crippen LogP contribution in [0.2, 0.25) is 0 Å². The van der Waals surface area contributed by atoms with Gasteiger partial charge in [0.25, 0.3) is 5.91 Å². The van der Waals surface area contributed by atoms with Crippen molar-refractivity contribution in [3.63, 3.8) is 0 Å². The summed E-state index contributed by atoms with van der Waals surface area (Å²) >= 11 is 1.33. The second-order valence-corrected chi connectivity index (χ2v) is 6.41. The van der Waals surface area contributed by atoms with Gasteiger partial charge < -0.3 is 9.73 Å². The number of amides is 1. The van der Waals surface area contributed by atoms with Crippen molar-refractivity contribution in [1.82, 2.24) is 5.32 Å². The Balaban J connectivity index is 1.58. The third kappa shape index (κ3) is 3.41. The summed E-state index contributed by atoms with van der Waals surface area (Å²) < 4.78 is 5.22. The Morgan fingerprint density at radius 2 is 1.92 bits per heavy atom. The van der Waals surface area contributed by atoms with E-state index in [9.17, 15) is 4.79 Å². The molecule has 0 bridgehead atoms. The van der Waals surface area contributed by atoms with E-state index in [0.29, 0.717) is 10.1 Å². The quantitative estimate of drug-likeness (QED) is 0.688. The fourth-order valence-electron chi connectivity index (χ4n) is 2.53. The Hall–Kier alpha value is -3.05. The average Bonchev–Trinajstić information content (AvgIpc) is 3.26. The highest BCUT2D eigenvalue weighted by Gasteiger charge is 2.23. The molecule has 1 aliphatic heterocycles. The van der Waals surface area contributed by atoms with Gasteiger partial charge in [0, 0.05) is 5.39 Å². The van der Waals surface area contributed by atoms with Crippen LogP contribution >= 0.6 is 11.8 Å². The first-order valence-electron chi connectivity index (χ1n) is 7.77. The maximum absolute atomic E-state index is 12.1. The van der Waals surface area contributed by atoms with Gasteiger partial charge in [-0.05, 0) is 47.5 Å². The minimum Gasteiger partial charge on any atom is -0.465 e. The summed E-state index contributed by atoms with van der Waals surface area (Å²) in [4.78, 5) is 17.3. The number of allylic oxidation sites excluding steroid dienone is 2. The van der Waals surface area contributed by atoms with E-state index < -0.39 is 0 Å². The lowest BCUT2D eigenvalue weighted by Crippen LogP contribution is -2.19. The molecular formula is C20H14N2O2S. The second-order valence-electron chi connectivity index (χ2n) is 5.38. The predicted molar refractivity (Wildman–Crippen MR) is 103 cm³/mol. The number of nitrogens with one attached hydrogen (secondary N) is 1. The molecule has 1 aliphatic rings. The molecule has 0 spiro atoms. The molecule has 2 heterocycles. The standard InChI is InChI=1S/C20H14N2O2S/c23-19-18(12-4-8-15-9-5-13-24-15)25-20(22-19)21-17-11-3-7-14-6-1-2-10-16(14)17/h1-13H,(H,21,22,23)/b8-4+,18-12+. The zero-order valence-corrected chi connectivity index (χ0v) is 14.0. The summed E-state index contributed by atoms with van der Waals surface area (Å²) in [6.07, 6.45) is 6.97. The van der Waals surface area contributed by atoms with E-state index in [0.717, 1.165) is 22.2 Å². The van der Waals surface area contributed by atoms with Crippen molar-refractivity contribution in [2.75, 3.05) is 0 Å². The monoisotopic (exact) mass is 346 g/mol. The first-order valence-corrected chi connectivity index (χ1v) is 8.59. The maximum atomic E-state index is 12.1. The highest BCUT2D eigenvalue weighted by molar-refractivity contribution is 8.18. The molecule has 3 aromatic rings. The fourth-order valence-corrected chi connectivity index (χ4v) is 3.31. The van der Waals surface area contributed by atoms with Crippen LogP contribution in [0.1, 0.15) is 5.76 Å². The van der Waals surface area contributed by atoms with Crippen molar-refractivity contribution < 1.29 is 9.21 Å². The normalized spacial score (nSPS) is 17.8. The van der Waals surface area contributed by atoms with Crippen LogP contribution < -0.4 is 5.32 Å². The van der Waals surface area contributed by atoms with Gasteiger partial charge in [0.2, 0.25) is 0 Å². The van der Waals surface area contributed by atoms with Gasteiger partial charge in [0.15, 0.2) is 5.17 Å². The zero-order chi connectivity index (χ0) is 17.1. The minimum atomic E-state index is -0.145. The molecule has 1 aromatic heterocycles. The Bertz CT molecular complexity index is 1010. The summed E-state index contributed by atoms with van der Waals surface area (Å²) in [5.74, 6) is 0.595. The molecule has 25 heavy (non-hydrogen) atoms. The Morgan fingerprint density at radius 3 is 2.80 bits per heavy atom. The van der Waals surface area contributed by atoms with E-state index in [2.05, 4.69) is 10.3 Å². The molecule has 4 nitrogen and oxygen atoms in total. The Labute approximate surface area is 148 Å². The van der Waals surface area contributed by atoms with E-state index in [4.69, 9.17) is 4.42 Å². The lowest BCUT2D eigenvalue weighted by Gasteiger charge is -2.02. The molecule has 0 unspecified atom stereocenters. The van der Waals surface area contributed by atoms with E-state index in [1.54, 1.807) is 24.5 Å². The Kier molecular flexibility index (Phi) is 4.23. The van der Waals surface area contributed by atoms with Crippen molar-refractivity contribution >= 4 is 45.4 Å². The van der Waals surface area contributed by atoms with Crippen LogP contribution in [0.4, 0.5) is 5.69 Å². The summed E-state index contributed by atoms with van der Waals surface area (Å²) in [6, 6.07) is 17.7. The average molecular weight is 346 g/mol. The highest BCUT2D eigenvalue weighted by Crippen LogP contribution is 2.30. The number of carbonyl (C=O) groups excluding carboxylic acids is 1. The summed E-state index contributed by atoms with van der Waals surface area (Å²) in [5.41, 5.74) is 0.841. The molecule has 5 heteroatoms. The van der Waals surface area contributed by atoms with Crippen LogP contribution in [0.15, 0.2) is 87.3 Å². The molecule has 0 saturated carbocycles. The topological polar surface area (TPSA) is 54.6 Å². The molecule has 1 saturated heterocycles. The lowest BCUT2D eigenvalue weighted by atomic mass is 10.1. The van der Waals surface area contributed by atoms with Crippen molar-refractivity contribution in [3.05, 3.63) is 83.7 Å². The molecule has 0 radical (unpaired) electrons. The number of aliphatic imine (C=N–C) groups is 1. The lowest BCUT2D eigenvalue weighted by molar-refractivity contribution is -0.115. The van der Waals surface area contributed by atoms with E-state index >= 15 is 0 Å². The largest absolute Gasteiger partial charge is 0.465 e. The summed E-state index contributed by atoms with van der Waals surface area (Å²) in [5, 5.41) is 5.57. The van der Waals surface area contributed by atoms with Crippen LogP contribution in [0, 0.1) is 0 Å². The van der Waals surface area contributed by atoms with Crippen molar-refractivity contribution in [3.8, 4) is 0 Å². The predicted octanol–water partition coefficient (Wildman–Crippen LogP) is 4.88. The number of carbonyl (C=O) groups is 1. The molecule has 1 fully saturated rings. The third-order valence-electron chi connectivity index (χ3n) is 3.69. The van der Waals surface area contributed by atoms with Gasteiger partial charge in [-0.1, -0.05) is 42.5 Å². The SMILES string of the molecule is O=C1NC(=Nc2cccc3ccccc23)S/C1=C/C=C/c1ccco1. The third-order valence-corrected chi connectivity index (χ3v) is 4.62. The molecule has 0 atom stereocenters. The fraction of sp³-hybridized carbons (Fsp3) is 0. The van der Waals surface area contributed by atoms with Crippen molar-refractivity contribution in [2.24, 2.45) is 4.99 Å². The smallest absolute Gasteiger partial charge is 0.264 e. The number of hydrogen-bond acceptors (Lipinski definition) is 4. The van der Waals surface area contributed by atoms with Gasteiger partial charge in [0.1, 0.15) is 5.76 Å². The van der Waals surface area contributed by atoms with Crippen LogP contribution in [-0.4, -0.2) is 11.1 Å². The number of fused-ring (bicyclic) bond motifs is 1.